The SMILES string of the molecule is CCCCCCCCCCC/C=C\C/C=C\CCCCCCCCCCCC(=O)NC(COC1OC(CO)C(O)C(O)C1O)C(O)CCCCCCCCCCCCCCCCCCCCCCCC. The number of aliphatic hydroxyl groups is 5. The van der Waals surface area contributed by atoms with Gasteiger partial charge in [-0.1, -0.05) is 276 Å². The Balaban J connectivity index is 2.19. The quantitative estimate of drug-likeness (QED) is 0.0261. The minimum Gasteiger partial charge on any atom is -0.394 e. The fourth-order valence-corrected chi connectivity index (χ4v) is 9.96. The Bertz CT molecular complexity index is 1150. The normalized spacial score (nSPS) is 19.4. The molecule has 7 atom stereocenters. The highest BCUT2D eigenvalue weighted by Crippen LogP contribution is 2.23. The Morgan fingerprint density at radius 2 is 0.843 bits per heavy atom. The molecule has 0 bridgehead atoms. The van der Waals surface area contributed by atoms with E-state index < -0.39 is 49.5 Å². The molecule has 1 rings (SSSR count). The van der Waals surface area contributed by atoms with Crippen LogP contribution in [0.3, 0.4) is 0 Å². The van der Waals surface area contributed by atoms with Gasteiger partial charge < -0.3 is 40.3 Å². The Labute approximate surface area is 432 Å². The van der Waals surface area contributed by atoms with Crippen molar-refractivity contribution in [2.24, 2.45) is 0 Å². The number of unbranched alkanes of at least 4 members (excludes halogenated alkanes) is 39. The van der Waals surface area contributed by atoms with Crippen molar-refractivity contribution in [2.45, 2.75) is 346 Å². The summed E-state index contributed by atoms with van der Waals surface area (Å²) in [4.78, 5) is 13.1. The largest absolute Gasteiger partial charge is 0.394 e. The van der Waals surface area contributed by atoms with Gasteiger partial charge in [-0.05, 0) is 44.9 Å². The van der Waals surface area contributed by atoms with Crippen molar-refractivity contribution in [1.82, 2.24) is 5.32 Å². The molecule has 0 aromatic carbocycles. The molecule has 6 N–H and O–H groups in total. The zero-order valence-electron chi connectivity index (χ0n) is 46.0. The van der Waals surface area contributed by atoms with Crippen molar-refractivity contribution in [2.75, 3.05) is 13.2 Å². The Kier molecular flexibility index (Phi) is 48.7. The molecule has 0 aliphatic carbocycles. The number of rotatable bonds is 53. The van der Waals surface area contributed by atoms with Crippen LogP contribution in [0.5, 0.6) is 0 Å². The van der Waals surface area contributed by atoms with Gasteiger partial charge in [0.15, 0.2) is 6.29 Å². The number of hydrogen-bond acceptors (Lipinski definition) is 8. The molecule has 0 aromatic rings. The Morgan fingerprint density at radius 1 is 0.486 bits per heavy atom. The van der Waals surface area contributed by atoms with Crippen molar-refractivity contribution >= 4 is 5.91 Å². The molecule has 1 saturated heterocycles. The number of nitrogens with one attached hydrogen (secondary N) is 1. The van der Waals surface area contributed by atoms with Crippen LogP contribution in [0.25, 0.3) is 0 Å². The van der Waals surface area contributed by atoms with Gasteiger partial charge in [0.1, 0.15) is 24.4 Å². The summed E-state index contributed by atoms with van der Waals surface area (Å²) in [7, 11) is 0. The molecule has 414 valence electrons. The molecular formula is C61H117NO8. The molecule has 1 heterocycles. The van der Waals surface area contributed by atoms with Crippen LogP contribution >= 0.6 is 0 Å². The van der Waals surface area contributed by atoms with Gasteiger partial charge in [0, 0.05) is 6.42 Å². The number of carbonyl (C=O) groups excluding carboxylic acids is 1. The number of hydrogen-bond donors (Lipinski definition) is 6. The summed E-state index contributed by atoms with van der Waals surface area (Å²) in [5, 5.41) is 54.8. The molecule has 0 aromatic heterocycles. The number of ether oxygens (including phenoxy) is 2. The lowest BCUT2D eigenvalue weighted by molar-refractivity contribution is -0.302. The second kappa shape index (κ2) is 51.2. The molecule has 0 saturated carbocycles. The number of amides is 1. The minimum absolute atomic E-state index is 0.137. The fourth-order valence-electron chi connectivity index (χ4n) is 9.96. The van der Waals surface area contributed by atoms with Crippen molar-refractivity contribution in [3.05, 3.63) is 24.3 Å². The van der Waals surface area contributed by atoms with Gasteiger partial charge in [0.25, 0.3) is 0 Å². The second-order valence-corrected chi connectivity index (χ2v) is 21.5. The van der Waals surface area contributed by atoms with Crippen molar-refractivity contribution in [1.29, 1.82) is 0 Å². The summed E-state index contributed by atoms with van der Waals surface area (Å²) in [6.07, 6.45) is 57.8. The van der Waals surface area contributed by atoms with E-state index in [0.717, 1.165) is 44.9 Å². The zero-order chi connectivity index (χ0) is 50.8. The Hall–Kier alpha value is -1.33. The van der Waals surface area contributed by atoms with Crippen LogP contribution in [0.15, 0.2) is 24.3 Å². The first-order valence-electron chi connectivity index (χ1n) is 30.5. The standard InChI is InChI=1S/C61H117NO8/c1-3-5-7-9-11-13-15-17-19-21-23-25-27-28-29-31-33-35-37-39-41-43-45-47-49-51-57(65)62-54(53-69-61-60(68)59(67)58(66)56(52-63)70-61)55(64)50-48-46-44-42-40-38-36-34-32-30-26-24-22-20-18-16-14-12-10-8-6-4-2/h23,25,28-29,54-56,58-61,63-64,66-68H,3-22,24,26-27,30-53H2,1-2H3,(H,62,65)/b25-23-,29-28-. The highest BCUT2D eigenvalue weighted by atomic mass is 16.7. The molecule has 1 amide bonds. The van der Waals surface area contributed by atoms with E-state index in [0.29, 0.717) is 12.8 Å². The van der Waals surface area contributed by atoms with E-state index in [-0.39, 0.29) is 12.5 Å². The summed E-state index contributed by atoms with van der Waals surface area (Å²) in [5.41, 5.74) is 0. The van der Waals surface area contributed by atoms with Crippen molar-refractivity contribution in [3.8, 4) is 0 Å². The van der Waals surface area contributed by atoms with E-state index >= 15 is 0 Å². The Morgan fingerprint density at radius 3 is 1.23 bits per heavy atom. The van der Waals surface area contributed by atoms with Crippen LogP contribution in [-0.2, 0) is 14.3 Å². The van der Waals surface area contributed by atoms with Gasteiger partial charge in [-0.2, -0.15) is 0 Å². The molecule has 1 fully saturated rings. The third-order valence-electron chi connectivity index (χ3n) is 14.8. The number of carbonyl (C=O) groups is 1. The number of allylic oxidation sites excluding steroid dienone is 4. The van der Waals surface area contributed by atoms with Crippen LogP contribution in [0.4, 0.5) is 0 Å². The summed E-state index contributed by atoms with van der Waals surface area (Å²) in [5.74, 6) is -0.144. The molecule has 9 nitrogen and oxygen atoms in total. The average molecular weight is 993 g/mol. The molecule has 70 heavy (non-hydrogen) atoms. The van der Waals surface area contributed by atoms with Gasteiger partial charge in [-0.3, -0.25) is 4.79 Å². The highest BCUT2D eigenvalue weighted by molar-refractivity contribution is 5.76. The summed E-state index contributed by atoms with van der Waals surface area (Å²) >= 11 is 0. The molecule has 0 radical (unpaired) electrons. The third-order valence-corrected chi connectivity index (χ3v) is 14.8. The van der Waals surface area contributed by atoms with Crippen LogP contribution in [0.2, 0.25) is 0 Å². The molecule has 7 unspecified atom stereocenters. The van der Waals surface area contributed by atoms with E-state index in [4.69, 9.17) is 9.47 Å². The predicted octanol–water partition coefficient (Wildman–Crippen LogP) is 15.4. The van der Waals surface area contributed by atoms with E-state index in [1.807, 2.05) is 0 Å². The van der Waals surface area contributed by atoms with Gasteiger partial charge in [-0.15, -0.1) is 0 Å². The van der Waals surface area contributed by atoms with Crippen LogP contribution in [-0.4, -0.2) is 87.5 Å². The van der Waals surface area contributed by atoms with Crippen molar-refractivity contribution in [3.63, 3.8) is 0 Å². The predicted molar refractivity (Wildman–Crippen MR) is 295 cm³/mol. The van der Waals surface area contributed by atoms with Crippen molar-refractivity contribution < 1.29 is 39.8 Å². The van der Waals surface area contributed by atoms with E-state index in [9.17, 15) is 30.3 Å². The van der Waals surface area contributed by atoms with E-state index in [2.05, 4.69) is 43.5 Å². The van der Waals surface area contributed by atoms with E-state index in [1.165, 1.54) is 231 Å². The minimum atomic E-state index is -1.55. The third kappa shape index (κ3) is 40.1. The topological polar surface area (TPSA) is 149 Å². The van der Waals surface area contributed by atoms with Gasteiger partial charge in [0.2, 0.25) is 5.91 Å². The summed E-state index contributed by atoms with van der Waals surface area (Å²) in [6.45, 7) is 3.88. The fraction of sp³-hybridized carbons (Fsp3) is 0.918. The maximum Gasteiger partial charge on any atom is 0.220 e. The lowest BCUT2D eigenvalue weighted by Crippen LogP contribution is -2.60. The summed E-state index contributed by atoms with van der Waals surface area (Å²) < 4.78 is 11.3. The first-order valence-corrected chi connectivity index (χ1v) is 30.5. The lowest BCUT2D eigenvalue weighted by atomic mass is 9.99. The smallest absolute Gasteiger partial charge is 0.220 e. The highest BCUT2D eigenvalue weighted by Gasteiger charge is 2.44. The van der Waals surface area contributed by atoms with Gasteiger partial charge >= 0.3 is 0 Å². The maximum atomic E-state index is 13.1. The van der Waals surface area contributed by atoms with Crippen LogP contribution in [0, 0.1) is 0 Å². The van der Waals surface area contributed by atoms with E-state index in [1.54, 1.807) is 0 Å². The summed E-state index contributed by atoms with van der Waals surface area (Å²) in [6, 6.07) is -0.721. The molecule has 9 heteroatoms. The number of aliphatic hydroxyl groups excluding tert-OH is 5. The monoisotopic (exact) mass is 992 g/mol. The first kappa shape index (κ1) is 66.7. The maximum absolute atomic E-state index is 13.1. The molecule has 0 spiro atoms. The molecule has 1 aliphatic rings. The van der Waals surface area contributed by atoms with Gasteiger partial charge in [0.05, 0.1) is 25.4 Å². The molecule has 1 aliphatic heterocycles. The van der Waals surface area contributed by atoms with Crippen LogP contribution in [0.1, 0.15) is 303 Å². The molecular weight excluding hydrogens is 875 g/mol. The zero-order valence-corrected chi connectivity index (χ0v) is 46.0. The lowest BCUT2D eigenvalue weighted by Gasteiger charge is -2.40. The second-order valence-electron chi connectivity index (χ2n) is 21.5. The van der Waals surface area contributed by atoms with Crippen LogP contribution < -0.4 is 5.32 Å². The average Bonchev–Trinajstić information content (AvgIpc) is 3.36. The first-order chi connectivity index (χ1) is 34.3. The van der Waals surface area contributed by atoms with Gasteiger partial charge in [-0.25, -0.2) is 0 Å².